The molecule has 3 atom stereocenters. The molecule has 274 valence electrons. The maximum absolute atomic E-state index is 14.2. The molecule has 0 fully saturated rings. The molecule has 1 aromatic carbocycles. The van der Waals surface area contributed by atoms with E-state index in [1.165, 1.54) is 13.2 Å². The number of amides is 1. The number of hydrogen-bond acceptors (Lipinski definition) is 6. The predicted octanol–water partition coefficient (Wildman–Crippen LogP) is 8.23. The molecule has 0 radical (unpaired) electrons. The Morgan fingerprint density at radius 1 is 0.854 bits per heavy atom. The molecule has 0 spiro atoms. The van der Waals surface area contributed by atoms with Gasteiger partial charge in [-0.05, 0) is 56.2 Å². The van der Waals surface area contributed by atoms with Crippen LogP contribution in [-0.2, 0) is 25.5 Å². The number of nitrogens with one attached hydrogen (secondary N) is 1. The van der Waals surface area contributed by atoms with E-state index in [-0.39, 0.29) is 44.5 Å². The summed E-state index contributed by atoms with van der Waals surface area (Å²) in [5, 5.41) is 24.0. The minimum atomic E-state index is -2.64. The van der Waals surface area contributed by atoms with Crippen molar-refractivity contribution in [3.05, 3.63) is 42.0 Å². The zero-order valence-corrected chi connectivity index (χ0v) is 29.7. The van der Waals surface area contributed by atoms with Crippen molar-refractivity contribution in [2.75, 3.05) is 20.3 Å². The van der Waals surface area contributed by atoms with E-state index in [1.54, 1.807) is 25.1 Å². The monoisotopic (exact) mass is 681 g/mol. The highest BCUT2D eigenvalue weighted by atomic mass is 19.3. The van der Waals surface area contributed by atoms with Crippen LogP contribution in [0.3, 0.4) is 0 Å². The lowest BCUT2D eigenvalue weighted by Crippen LogP contribution is -2.55. The molecule has 0 aliphatic carbocycles. The zero-order valence-electron chi connectivity index (χ0n) is 29.7. The first-order valence-electron chi connectivity index (χ1n) is 18.0. The second-order valence-electron chi connectivity index (χ2n) is 12.8. The lowest BCUT2D eigenvalue weighted by Gasteiger charge is -2.31. The van der Waals surface area contributed by atoms with Crippen LogP contribution >= 0.6 is 0 Å². The molecule has 0 unspecified atom stereocenters. The highest BCUT2D eigenvalue weighted by molar-refractivity contribution is 5.94. The number of ether oxygens (including phenoxy) is 2. The molecule has 8 nitrogen and oxygen atoms in total. The number of benzene rings is 1. The van der Waals surface area contributed by atoms with Crippen LogP contribution in [0, 0.1) is 5.92 Å². The maximum atomic E-state index is 14.2. The molecule has 1 amide bonds. The molecule has 0 heterocycles. The summed E-state index contributed by atoms with van der Waals surface area (Å²) in [6, 6.07) is 6.33. The molecule has 0 saturated carbocycles. The van der Waals surface area contributed by atoms with E-state index in [1.807, 2.05) is 12.1 Å². The van der Waals surface area contributed by atoms with E-state index in [9.17, 15) is 33.4 Å². The van der Waals surface area contributed by atoms with E-state index in [2.05, 4.69) is 19.2 Å². The number of aliphatic carboxylic acids is 1. The number of carbonyl (C=O) groups excluding carboxylic acids is 2. The summed E-state index contributed by atoms with van der Waals surface area (Å²) >= 11 is 0. The number of unbranched alkanes of at least 4 members (excludes halogenated alkanes) is 9. The fourth-order valence-corrected chi connectivity index (χ4v) is 5.51. The standard InChI is InChI=1S/C38H61F2NO7/c1-5-8-10-14-17-24-37(39,40)25-18-15-12-11-13-16-19-32(38(46,36(44)45)26-28-47-4)35(43)41-33(34(42)7-3)29-30-20-22-31(23-21-30)48-27-9-6-2/h16,19-23,32-33,46H,5-15,17-18,24-29H2,1-4H3,(H,41,43)(H,44,45)/b19-16+/t32-,33+,38+/m1/s1. The Balaban J connectivity index is 2.88. The van der Waals surface area contributed by atoms with Crippen molar-refractivity contribution in [2.45, 2.75) is 147 Å². The second kappa shape index (κ2) is 24.3. The van der Waals surface area contributed by atoms with Gasteiger partial charge in [0.2, 0.25) is 11.8 Å². The fourth-order valence-electron chi connectivity index (χ4n) is 5.51. The van der Waals surface area contributed by atoms with Gasteiger partial charge in [-0.3, -0.25) is 9.59 Å². The number of rotatable bonds is 29. The SMILES string of the molecule is CCCCCCCC(F)(F)CCCCCC/C=C/[C@H](C(=O)N[C@@H](Cc1ccc(OCCCC)cc1)C(=O)CC)[C@@](O)(CCOC)C(=O)O. The number of carboxylic acids is 1. The number of methoxy groups -OCH3 is 1. The smallest absolute Gasteiger partial charge is 0.336 e. The molecule has 10 heteroatoms. The number of carbonyl (C=O) groups is 3. The van der Waals surface area contributed by atoms with E-state index >= 15 is 0 Å². The van der Waals surface area contributed by atoms with Gasteiger partial charge in [0.1, 0.15) is 5.75 Å². The number of Topliss-reactive ketones (excluding diaryl/α,β-unsaturated/α-hetero) is 1. The summed E-state index contributed by atoms with van der Waals surface area (Å²) in [5.41, 5.74) is -1.69. The van der Waals surface area contributed by atoms with Gasteiger partial charge in [-0.25, -0.2) is 13.6 Å². The normalized spacial score (nSPS) is 14.4. The number of allylic oxidation sites excluding steroid dienone is 1. The summed E-state index contributed by atoms with van der Waals surface area (Å²) in [6.45, 7) is 6.36. The van der Waals surface area contributed by atoms with Gasteiger partial charge in [-0.1, -0.05) is 90.0 Å². The first kappa shape index (κ1) is 43.2. The average Bonchev–Trinajstić information content (AvgIpc) is 3.06. The Kier molecular flexibility index (Phi) is 21.9. The van der Waals surface area contributed by atoms with Gasteiger partial charge >= 0.3 is 5.97 Å². The molecule has 48 heavy (non-hydrogen) atoms. The van der Waals surface area contributed by atoms with Gasteiger partial charge < -0.3 is 25.0 Å². The molecule has 0 aliphatic heterocycles. The van der Waals surface area contributed by atoms with Crippen molar-refractivity contribution >= 4 is 17.7 Å². The average molecular weight is 682 g/mol. The van der Waals surface area contributed by atoms with Crippen LogP contribution in [0.25, 0.3) is 0 Å². The Bertz CT molecular complexity index is 1080. The van der Waals surface area contributed by atoms with Crippen molar-refractivity contribution in [1.82, 2.24) is 5.32 Å². The predicted molar refractivity (Wildman–Crippen MR) is 186 cm³/mol. The quantitative estimate of drug-likeness (QED) is 0.0575. The number of hydrogen-bond donors (Lipinski definition) is 3. The number of ketones is 1. The van der Waals surface area contributed by atoms with Gasteiger partial charge in [0.05, 0.1) is 18.6 Å². The van der Waals surface area contributed by atoms with E-state index in [0.29, 0.717) is 50.9 Å². The molecule has 1 aromatic rings. The minimum Gasteiger partial charge on any atom is -0.494 e. The largest absolute Gasteiger partial charge is 0.494 e. The topological polar surface area (TPSA) is 122 Å². The first-order chi connectivity index (χ1) is 22.9. The van der Waals surface area contributed by atoms with Crippen LogP contribution in [0.1, 0.15) is 129 Å². The third-order valence-electron chi connectivity index (χ3n) is 8.68. The van der Waals surface area contributed by atoms with Crippen LogP contribution in [-0.4, -0.2) is 65.8 Å². The van der Waals surface area contributed by atoms with Gasteiger partial charge in [-0.2, -0.15) is 0 Å². The van der Waals surface area contributed by atoms with Crippen LogP contribution < -0.4 is 10.1 Å². The summed E-state index contributed by atoms with van der Waals surface area (Å²) in [5.74, 6) is -6.02. The van der Waals surface area contributed by atoms with Crippen molar-refractivity contribution in [2.24, 2.45) is 5.92 Å². The number of halogens is 2. The lowest BCUT2D eigenvalue weighted by molar-refractivity contribution is -0.168. The van der Waals surface area contributed by atoms with Crippen molar-refractivity contribution in [3.63, 3.8) is 0 Å². The first-order valence-corrected chi connectivity index (χ1v) is 18.0. The van der Waals surface area contributed by atoms with Crippen LogP contribution in [0.5, 0.6) is 5.75 Å². The summed E-state index contributed by atoms with van der Waals surface area (Å²) in [4.78, 5) is 38.8. The molecule has 0 aliphatic rings. The minimum absolute atomic E-state index is 0.0659. The van der Waals surface area contributed by atoms with Gasteiger partial charge in [0.15, 0.2) is 11.4 Å². The fraction of sp³-hybridized carbons (Fsp3) is 0.711. The van der Waals surface area contributed by atoms with E-state index in [4.69, 9.17) is 9.47 Å². The Hall–Kier alpha value is -2.85. The molecule has 3 N–H and O–H groups in total. The number of aliphatic hydroxyl groups is 1. The Labute approximate surface area is 287 Å². The number of alkyl halides is 2. The van der Waals surface area contributed by atoms with Crippen LogP contribution in [0.2, 0.25) is 0 Å². The number of carboxylic acid groups (broad SMARTS) is 1. The van der Waals surface area contributed by atoms with Crippen molar-refractivity contribution in [3.8, 4) is 5.75 Å². The summed E-state index contributed by atoms with van der Waals surface area (Å²) < 4.78 is 39.1. The molecule has 0 bridgehead atoms. The second-order valence-corrected chi connectivity index (χ2v) is 12.8. The highest BCUT2D eigenvalue weighted by Crippen LogP contribution is 2.29. The molecule has 1 rings (SSSR count). The zero-order chi connectivity index (χ0) is 35.8. The summed E-state index contributed by atoms with van der Waals surface area (Å²) in [6.07, 6.45) is 12.2. The maximum Gasteiger partial charge on any atom is 0.336 e. The third-order valence-corrected chi connectivity index (χ3v) is 8.68. The van der Waals surface area contributed by atoms with E-state index in [0.717, 1.165) is 44.1 Å². The van der Waals surface area contributed by atoms with Crippen LogP contribution in [0.4, 0.5) is 8.78 Å². The van der Waals surface area contributed by atoms with Crippen LogP contribution in [0.15, 0.2) is 36.4 Å². The molecule has 0 aromatic heterocycles. The molecule has 0 saturated heterocycles. The Morgan fingerprint density at radius 3 is 2.02 bits per heavy atom. The van der Waals surface area contributed by atoms with Gasteiger partial charge in [-0.15, -0.1) is 0 Å². The highest BCUT2D eigenvalue weighted by Gasteiger charge is 2.47. The Morgan fingerprint density at radius 2 is 1.46 bits per heavy atom. The molecular weight excluding hydrogens is 620 g/mol. The van der Waals surface area contributed by atoms with E-state index < -0.39 is 35.4 Å². The molecular formula is C38H61F2NO7. The van der Waals surface area contributed by atoms with Crippen molar-refractivity contribution < 1.29 is 42.9 Å². The third kappa shape index (κ3) is 17.0. The summed E-state index contributed by atoms with van der Waals surface area (Å²) in [7, 11) is 1.37. The van der Waals surface area contributed by atoms with Crippen molar-refractivity contribution in [1.29, 1.82) is 0 Å². The lowest BCUT2D eigenvalue weighted by atomic mass is 9.82. The van der Waals surface area contributed by atoms with Gasteiger partial charge in [0, 0.05) is 39.4 Å². The van der Waals surface area contributed by atoms with Gasteiger partial charge in [0.25, 0.3) is 0 Å².